The van der Waals surface area contributed by atoms with Gasteiger partial charge in [0.15, 0.2) is 0 Å². The van der Waals surface area contributed by atoms with E-state index in [0.29, 0.717) is 37.3 Å². The first-order valence-corrected chi connectivity index (χ1v) is 6.65. The molecule has 1 aliphatic rings. The minimum Gasteiger partial charge on any atom is -0.390 e. The number of halogens is 4. The maximum absolute atomic E-state index is 14.1. The van der Waals surface area contributed by atoms with Gasteiger partial charge in [-0.3, -0.25) is 4.90 Å². The van der Waals surface area contributed by atoms with Crippen molar-refractivity contribution < 1.29 is 18.3 Å². The van der Waals surface area contributed by atoms with E-state index in [1.54, 1.807) is 11.8 Å². The van der Waals surface area contributed by atoms with Crippen molar-refractivity contribution in [1.29, 1.82) is 0 Å². The maximum atomic E-state index is 14.1. The van der Waals surface area contributed by atoms with Crippen LogP contribution in [0.1, 0.15) is 17.2 Å². The van der Waals surface area contributed by atoms with Crippen LogP contribution in [0.3, 0.4) is 0 Å². The predicted octanol–water partition coefficient (Wildman–Crippen LogP) is 2.13. The average molecular weight is 325 g/mol. The van der Waals surface area contributed by atoms with Crippen LogP contribution in [0.15, 0.2) is 18.2 Å². The predicted molar refractivity (Wildman–Crippen MR) is 77.6 cm³/mol. The maximum Gasteiger partial charge on any atom is 0.289 e. The van der Waals surface area contributed by atoms with Crippen LogP contribution in [0, 0.1) is 12.7 Å². The highest BCUT2D eigenvalue weighted by molar-refractivity contribution is 5.85. The average Bonchev–Trinajstić information content (AvgIpc) is 2.44. The van der Waals surface area contributed by atoms with E-state index in [1.807, 2.05) is 0 Å². The number of aliphatic hydroxyl groups is 1. The molecule has 7 heteroatoms. The van der Waals surface area contributed by atoms with E-state index >= 15 is 0 Å². The van der Waals surface area contributed by atoms with Gasteiger partial charge < -0.3 is 10.4 Å². The molecule has 120 valence electrons. The second-order valence-corrected chi connectivity index (χ2v) is 5.12. The molecule has 21 heavy (non-hydrogen) atoms. The molecule has 2 N–H and O–H groups in total. The van der Waals surface area contributed by atoms with E-state index in [9.17, 15) is 13.2 Å². The molecule has 2 rings (SSSR count). The van der Waals surface area contributed by atoms with Crippen molar-refractivity contribution in [2.75, 3.05) is 32.8 Å². The first-order valence-electron chi connectivity index (χ1n) is 6.65. The summed E-state index contributed by atoms with van der Waals surface area (Å²) in [6.45, 7) is 2.51. The number of alkyl halides is 2. The molecule has 0 saturated carbocycles. The Hall–Kier alpha value is -0.820. The molecule has 3 nitrogen and oxygen atoms in total. The molecule has 1 heterocycles. The molecule has 0 radical (unpaired) electrons. The number of nitrogens with zero attached hydrogens (tertiary/aromatic N) is 1. The van der Waals surface area contributed by atoms with Crippen LogP contribution in [0.5, 0.6) is 0 Å². The van der Waals surface area contributed by atoms with Gasteiger partial charge in [-0.2, -0.15) is 0 Å². The number of piperazine rings is 1. The zero-order valence-corrected chi connectivity index (χ0v) is 12.6. The Labute approximate surface area is 128 Å². The second-order valence-electron chi connectivity index (χ2n) is 5.12. The standard InChI is InChI=1S/C14H19F3N2O.ClH/c1-10-8-11(2-3-12(10)15)13(14(16,17)9-20)19-6-4-18-5-7-19;/h2-3,8,13,18,20H,4-7,9H2,1H3;1H/t13-;/m0./s1. The van der Waals surface area contributed by atoms with Gasteiger partial charge in [-0.25, -0.2) is 13.2 Å². The molecule has 0 amide bonds. The highest BCUT2D eigenvalue weighted by Crippen LogP contribution is 2.36. The van der Waals surface area contributed by atoms with Crippen LogP contribution in [0.2, 0.25) is 0 Å². The van der Waals surface area contributed by atoms with Crippen LogP contribution < -0.4 is 5.32 Å². The number of benzene rings is 1. The minimum atomic E-state index is -3.26. The molecule has 1 aromatic rings. The minimum absolute atomic E-state index is 0. The number of rotatable bonds is 4. The number of aryl methyl sites for hydroxylation is 1. The fourth-order valence-electron chi connectivity index (χ4n) is 2.59. The Morgan fingerprint density at radius 2 is 1.95 bits per heavy atom. The van der Waals surface area contributed by atoms with Crippen LogP contribution in [-0.4, -0.2) is 48.7 Å². The molecule has 1 aliphatic heterocycles. The van der Waals surface area contributed by atoms with E-state index < -0.39 is 24.4 Å². The lowest BCUT2D eigenvalue weighted by Gasteiger charge is -2.38. The number of nitrogens with one attached hydrogen (secondary N) is 1. The number of aliphatic hydroxyl groups excluding tert-OH is 1. The van der Waals surface area contributed by atoms with Gasteiger partial charge in [0.25, 0.3) is 5.92 Å². The Balaban J connectivity index is 0.00000220. The van der Waals surface area contributed by atoms with Crippen molar-refractivity contribution in [3.63, 3.8) is 0 Å². The molecule has 1 aromatic carbocycles. The highest BCUT2D eigenvalue weighted by atomic mass is 35.5. The van der Waals surface area contributed by atoms with Gasteiger partial charge in [0.05, 0.1) is 0 Å². The Morgan fingerprint density at radius 3 is 2.48 bits per heavy atom. The van der Waals surface area contributed by atoms with E-state index in [1.165, 1.54) is 18.2 Å². The van der Waals surface area contributed by atoms with Crippen LogP contribution >= 0.6 is 12.4 Å². The fourth-order valence-corrected chi connectivity index (χ4v) is 2.59. The lowest BCUT2D eigenvalue weighted by molar-refractivity contribution is -0.118. The van der Waals surface area contributed by atoms with Crippen molar-refractivity contribution in [3.8, 4) is 0 Å². The van der Waals surface area contributed by atoms with Gasteiger partial charge in [0.2, 0.25) is 0 Å². The van der Waals surface area contributed by atoms with Crippen LogP contribution in [-0.2, 0) is 0 Å². The zero-order valence-electron chi connectivity index (χ0n) is 11.8. The summed E-state index contributed by atoms with van der Waals surface area (Å²) in [6, 6.07) is 2.78. The van der Waals surface area contributed by atoms with Crippen LogP contribution in [0.4, 0.5) is 13.2 Å². The number of hydrogen-bond donors (Lipinski definition) is 2. The van der Waals surface area contributed by atoms with Gasteiger partial charge in [-0.15, -0.1) is 12.4 Å². The van der Waals surface area contributed by atoms with Gasteiger partial charge in [0, 0.05) is 26.2 Å². The molecule has 1 fully saturated rings. The molecule has 1 atom stereocenters. The third-order valence-electron chi connectivity index (χ3n) is 3.63. The molecule has 0 spiro atoms. The molecule has 0 bridgehead atoms. The lowest BCUT2D eigenvalue weighted by Crippen LogP contribution is -2.51. The number of hydrogen-bond acceptors (Lipinski definition) is 3. The summed E-state index contributed by atoms with van der Waals surface area (Å²) in [5.41, 5.74) is 0.668. The fraction of sp³-hybridized carbons (Fsp3) is 0.571. The second kappa shape index (κ2) is 7.45. The summed E-state index contributed by atoms with van der Waals surface area (Å²) in [5, 5.41) is 12.1. The summed E-state index contributed by atoms with van der Waals surface area (Å²) in [4.78, 5) is 1.64. The molecular formula is C14H20ClF3N2O. The van der Waals surface area contributed by atoms with Gasteiger partial charge >= 0.3 is 0 Å². The smallest absolute Gasteiger partial charge is 0.289 e. The van der Waals surface area contributed by atoms with Gasteiger partial charge in [-0.05, 0) is 24.1 Å². The van der Waals surface area contributed by atoms with E-state index in [2.05, 4.69) is 5.32 Å². The van der Waals surface area contributed by atoms with Crippen molar-refractivity contribution in [1.82, 2.24) is 10.2 Å². The molecule has 0 aromatic heterocycles. The third-order valence-corrected chi connectivity index (χ3v) is 3.63. The lowest BCUT2D eigenvalue weighted by atomic mass is 9.96. The monoisotopic (exact) mass is 324 g/mol. The summed E-state index contributed by atoms with van der Waals surface area (Å²) in [5.74, 6) is -3.68. The van der Waals surface area contributed by atoms with E-state index in [0.717, 1.165) is 0 Å². The van der Waals surface area contributed by atoms with Crippen molar-refractivity contribution in [3.05, 3.63) is 35.1 Å². The summed E-state index contributed by atoms with van der Waals surface area (Å²) in [6.07, 6.45) is 0. The van der Waals surface area contributed by atoms with Crippen molar-refractivity contribution >= 4 is 12.4 Å². The normalized spacial score (nSPS) is 18.1. The summed E-state index contributed by atoms with van der Waals surface area (Å²) < 4.78 is 41.6. The Morgan fingerprint density at radius 1 is 1.33 bits per heavy atom. The SMILES string of the molecule is Cc1cc([C@H](N2CCNCC2)C(F)(F)CO)ccc1F.Cl. The Bertz CT molecular complexity index is 468. The molecular weight excluding hydrogens is 305 g/mol. The topological polar surface area (TPSA) is 35.5 Å². The van der Waals surface area contributed by atoms with Crippen molar-refractivity contribution in [2.45, 2.75) is 18.9 Å². The van der Waals surface area contributed by atoms with Crippen LogP contribution in [0.25, 0.3) is 0 Å². The largest absolute Gasteiger partial charge is 0.390 e. The molecule has 1 saturated heterocycles. The quantitative estimate of drug-likeness (QED) is 0.890. The zero-order chi connectivity index (χ0) is 14.8. The van der Waals surface area contributed by atoms with Gasteiger partial charge in [-0.1, -0.05) is 12.1 Å². The molecule has 0 unspecified atom stereocenters. The van der Waals surface area contributed by atoms with Crippen molar-refractivity contribution in [2.24, 2.45) is 0 Å². The highest BCUT2D eigenvalue weighted by Gasteiger charge is 2.44. The summed E-state index contributed by atoms with van der Waals surface area (Å²) in [7, 11) is 0. The molecule has 0 aliphatic carbocycles. The van der Waals surface area contributed by atoms with Gasteiger partial charge in [0.1, 0.15) is 18.5 Å². The van der Waals surface area contributed by atoms with E-state index in [4.69, 9.17) is 5.11 Å². The first kappa shape index (κ1) is 18.2. The summed E-state index contributed by atoms with van der Waals surface area (Å²) >= 11 is 0. The Kier molecular flexibility index (Phi) is 6.46. The third kappa shape index (κ3) is 4.10. The van der Waals surface area contributed by atoms with E-state index in [-0.39, 0.29) is 12.4 Å². The first-order chi connectivity index (χ1) is 9.45.